The molecule has 0 unspecified atom stereocenters. The van der Waals surface area contributed by atoms with Gasteiger partial charge >= 0.3 is 5.97 Å². The van der Waals surface area contributed by atoms with E-state index in [2.05, 4.69) is 10.5 Å². The summed E-state index contributed by atoms with van der Waals surface area (Å²) in [6.07, 6.45) is -0.0436. The molecule has 3 radical (unpaired) electrons. The molecule has 5 heteroatoms. The van der Waals surface area contributed by atoms with Gasteiger partial charge in [0.15, 0.2) is 0 Å². The van der Waals surface area contributed by atoms with Crippen LogP contribution >= 0.6 is 0 Å². The monoisotopic (exact) mass is 247 g/mol. The minimum atomic E-state index is -1.15. The van der Waals surface area contributed by atoms with Gasteiger partial charge in [0.2, 0.25) is 10.5 Å². The van der Waals surface area contributed by atoms with Gasteiger partial charge in [0.1, 0.15) is 6.61 Å². The summed E-state index contributed by atoms with van der Waals surface area (Å²) in [4.78, 5) is 0. The van der Waals surface area contributed by atoms with Crippen LogP contribution in [0.1, 0.15) is 41.5 Å². The van der Waals surface area contributed by atoms with Crippen molar-refractivity contribution in [2.24, 2.45) is 0 Å². The summed E-state index contributed by atoms with van der Waals surface area (Å²) < 4.78 is 22.0. The first kappa shape index (κ1) is 16.1. The van der Waals surface area contributed by atoms with Crippen molar-refractivity contribution >= 4 is 10.5 Å². The maximum atomic E-state index is 5.70. The molecular weight excluding hydrogens is 224 g/mol. The van der Waals surface area contributed by atoms with Gasteiger partial charge < -0.3 is 18.6 Å². The zero-order chi connectivity index (χ0) is 12.8. The average Bonchev–Trinajstić information content (AvgIpc) is 1.98. The normalized spacial score (nSPS) is 13.1. The molecule has 0 aliphatic carbocycles. The summed E-state index contributed by atoms with van der Waals surface area (Å²) in [5.41, 5.74) is 0. The first-order chi connectivity index (χ1) is 7.31. The van der Waals surface area contributed by atoms with Gasteiger partial charge in [-0.2, -0.15) is 0 Å². The van der Waals surface area contributed by atoms with Gasteiger partial charge in [-0.05, 0) is 41.5 Å². The maximum Gasteiger partial charge on any atom is 0.307 e. The lowest BCUT2D eigenvalue weighted by atomic mass is 10.4. The lowest BCUT2D eigenvalue weighted by Gasteiger charge is -2.37. The van der Waals surface area contributed by atoms with Crippen molar-refractivity contribution in [2.75, 3.05) is 6.61 Å². The van der Waals surface area contributed by atoms with Gasteiger partial charge in [-0.25, -0.2) is 0 Å². The van der Waals surface area contributed by atoms with Crippen molar-refractivity contribution in [1.82, 2.24) is 0 Å². The van der Waals surface area contributed by atoms with Gasteiger partial charge in [-0.1, -0.05) is 0 Å². The molecule has 0 aromatic heterocycles. The molecule has 0 aromatic carbocycles. The molecule has 0 aliphatic heterocycles. The fourth-order valence-electron chi connectivity index (χ4n) is 1.35. The zero-order valence-electron chi connectivity index (χ0n) is 11.1. The molecule has 0 bridgehead atoms. The third kappa shape index (κ3) is 6.60. The third-order valence-electron chi connectivity index (χ3n) is 1.49. The summed E-state index contributed by atoms with van der Waals surface area (Å²) in [7, 11) is 2.96. The van der Waals surface area contributed by atoms with Crippen LogP contribution in [0.5, 0.6) is 0 Å². The minimum Gasteiger partial charge on any atom is -0.410 e. The lowest BCUT2D eigenvalue weighted by molar-refractivity contribution is -0.416. The molecule has 0 amide bonds. The first-order valence-electron chi connectivity index (χ1n) is 5.63. The Balaban J connectivity index is 4.72. The Morgan fingerprint density at radius 1 is 0.812 bits per heavy atom. The molecular formula is C11H23O4Si. The number of rotatable bonds is 8. The second-order valence-corrected chi connectivity index (χ2v) is 4.76. The van der Waals surface area contributed by atoms with Crippen molar-refractivity contribution in [1.29, 1.82) is 0 Å². The molecule has 0 fully saturated rings. The Morgan fingerprint density at radius 3 is 1.31 bits per heavy atom. The first-order valence-corrected chi connectivity index (χ1v) is 6.04. The van der Waals surface area contributed by atoms with E-state index in [0.717, 1.165) is 0 Å². The quantitative estimate of drug-likeness (QED) is 0.486. The van der Waals surface area contributed by atoms with Crippen LogP contribution in [0.15, 0.2) is 0 Å². The number of ether oxygens (including phenoxy) is 3. The van der Waals surface area contributed by atoms with E-state index in [1.165, 1.54) is 0 Å². The highest BCUT2D eigenvalue weighted by Crippen LogP contribution is 2.22. The van der Waals surface area contributed by atoms with E-state index in [0.29, 0.717) is 0 Å². The Morgan fingerprint density at radius 2 is 1.12 bits per heavy atom. The van der Waals surface area contributed by atoms with E-state index in [4.69, 9.17) is 18.6 Å². The summed E-state index contributed by atoms with van der Waals surface area (Å²) in [5.74, 6) is -1.15. The molecule has 16 heavy (non-hydrogen) atoms. The fourth-order valence-corrected chi connectivity index (χ4v) is 1.53. The molecule has 0 heterocycles. The fraction of sp³-hybridized carbons (Fsp3) is 1.00. The largest absolute Gasteiger partial charge is 0.410 e. The topological polar surface area (TPSA) is 36.9 Å². The van der Waals surface area contributed by atoms with Crippen molar-refractivity contribution < 1.29 is 18.6 Å². The third-order valence-corrected chi connectivity index (χ3v) is 1.64. The second-order valence-electron chi connectivity index (χ2n) is 4.47. The van der Waals surface area contributed by atoms with E-state index in [-0.39, 0.29) is 24.9 Å². The number of hydrogen-bond acceptors (Lipinski definition) is 4. The molecule has 0 saturated heterocycles. The molecule has 4 nitrogen and oxygen atoms in total. The maximum absolute atomic E-state index is 5.70. The summed E-state index contributed by atoms with van der Waals surface area (Å²) >= 11 is 0. The molecule has 95 valence electrons. The van der Waals surface area contributed by atoms with Crippen molar-refractivity contribution in [3.63, 3.8) is 0 Å². The standard InChI is InChI=1S/C11H23O4Si/c1-8(2)13-11(7-12-16,14-9(3)4)15-10(5)6/h8-10H,7H2,1-6H3. The summed E-state index contributed by atoms with van der Waals surface area (Å²) in [5, 5.41) is 0. The summed E-state index contributed by atoms with van der Waals surface area (Å²) in [6, 6.07) is 0. The van der Waals surface area contributed by atoms with E-state index < -0.39 is 5.97 Å². The van der Waals surface area contributed by atoms with Gasteiger partial charge in [0.25, 0.3) is 0 Å². The Kier molecular flexibility index (Phi) is 7.42. The van der Waals surface area contributed by atoms with Crippen molar-refractivity contribution in [2.45, 2.75) is 65.8 Å². The van der Waals surface area contributed by atoms with Crippen LogP contribution in [0.2, 0.25) is 0 Å². The highest BCUT2D eigenvalue weighted by molar-refractivity contribution is 5.97. The second kappa shape index (κ2) is 7.40. The molecule has 0 N–H and O–H groups in total. The molecule has 0 aliphatic rings. The number of hydrogen-bond donors (Lipinski definition) is 0. The Labute approximate surface area is 102 Å². The summed E-state index contributed by atoms with van der Waals surface area (Å²) in [6.45, 7) is 11.7. The van der Waals surface area contributed by atoms with Crippen LogP contribution in [0, 0.1) is 0 Å². The van der Waals surface area contributed by atoms with Gasteiger partial charge in [-0.15, -0.1) is 0 Å². The molecule has 0 saturated carbocycles. The van der Waals surface area contributed by atoms with Crippen LogP contribution < -0.4 is 0 Å². The van der Waals surface area contributed by atoms with Crippen LogP contribution in [0.25, 0.3) is 0 Å². The van der Waals surface area contributed by atoms with Crippen molar-refractivity contribution in [3.05, 3.63) is 0 Å². The van der Waals surface area contributed by atoms with Crippen LogP contribution in [0.3, 0.4) is 0 Å². The van der Waals surface area contributed by atoms with Crippen LogP contribution in [0.4, 0.5) is 0 Å². The Bertz CT molecular complexity index is 156. The molecule has 0 atom stereocenters. The van der Waals surface area contributed by atoms with E-state index in [1.54, 1.807) is 0 Å². The zero-order valence-corrected chi connectivity index (χ0v) is 12.1. The predicted molar refractivity (Wildman–Crippen MR) is 63.1 cm³/mol. The predicted octanol–water partition coefficient (Wildman–Crippen LogP) is 2.02. The SMILES string of the molecule is CC(C)OC(CO[Si])(OC(C)C)OC(C)C. The lowest BCUT2D eigenvalue weighted by Crippen LogP contribution is -2.48. The molecule has 0 rings (SSSR count). The van der Waals surface area contributed by atoms with Crippen molar-refractivity contribution in [3.8, 4) is 0 Å². The van der Waals surface area contributed by atoms with Crippen LogP contribution in [-0.2, 0) is 18.6 Å². The Hall–Kier alpha value is 0.0569. The van der Waals surface area contributed by atoms with E-state index in [1.807, 2.05) is 41.5 Å². The van der Waals surface area contributed by atoms with Gasteiger partial charge in [-0.3, -0.25) is 0 Å². The van der Waals surface area contributed by atoms with E-state index in [9.17, 15) is 0 Å². The smallest absolute Gasteiger partial charge is 0.307 e. The minimum absolute atomic E-state index is 0.0145. The van der Waals surface area contributed by atoms with Crippen LogP contribution in [-0.4, -0.2) is 41.4 Å². The van der Waals surface area contributed by atoms with Gasteiger partial charge in [0.05, 0.1) is 18.3 Å². The highest BCUT2D eigenvalue weighted by Gasteiger charge is 2.37. The highest BCUT2D eigenvalue weighted by atomic mass is 28.2. The van der Waals surface area contributed by atoms with E-state index >= 15 is 0 Å². The average molecular weight is 247 g/mol. The molecule has 0 aromatic rings. The molecule has 0 spiro atoms. The van der Waals surface area contributed by atoms with Gasteiger partial charge in [0, 0.05) is 0 Å².